The van der Waals surface area contributed by atoms with Crippen molar-refractivity contribution in [1.29, 1.82) is 0 Å². The van der Waals surface area contributed by atoms with E-state index in [0.717, 1.165) is 48.5 Å². The van der Waals surface area contributed by atoms with Crippen molar-refractivity contribution in [3.8, 4) is 0 Å². The topological polar surface area (TPSA) is 51.3 Å². The molecule has 0 unspecified atom stereocenters. The number of hydrogen-bond donors (Lipinski definition) is 0. The van der Waals surface area contributed by atoms with Gasteiger partial charge in [0.1, 0.15) is 5.76 Å². The molecule has 0 radical (unpaired) electrons. The summed E-state index contributed by atoms with van der Waals surface area (Å²) in [6.45, 7) is 6.82. The molecule has 24 heavy (non-hydrogen) atoms. The van der Waals surface area contributed by atoms with Crippen LogP contribution in [0.2, 0.25) is 0 Å². The Bertz CT molecular complexity index is 703. The van der Waals surface area contributed by atoms with E-state index in [2.05, 4.69) is 5.10 Å². The number of carbonyl (C=O) groups is 1. The molecule has 1 aliphatic rings. The second kappa shape index (κ2) is 6.83. The third kappa shape index (κ3) is 2.99. The van der Waals surface area contributed by atoms with Crippen LogP contribution in [0.1, 0.15) is 67.3 Å². The van der Waals surface area contributed by atoms with Crippen LogP contribution in [0.15, 0.2) is 22.8 Å². The molecule has 1 fully saturated rings. The van der Waals surface area contributed by atoms with Crippen molar-refractivity contribution in [2.75, 3.05) is 6.54 Å². The molecule has 2 aromatic rings. The Morgan fingerprint density at radius 3 is 2.75 bits per heavy atom. The number of hydrogen-bond acceptors (Lipinski definition) is 3. The van der Waals surface area contributed by atoms with E-state index in [1.54, 1.807) is 6.26 Å². The van der Waals surface area contributed by atoms with Crippen LogP contribution in [0.4, 0.5) is 0 Å². The first-order valence-electron chi connectivity index (χ1n) is 8.84. The van der Waals surface area contributed by atoms with Gasteiger partial charge in [0, 0.05) is 24.8 Å². The molecule has 3 heterocycles. The van der Waals surface area contributed by atoms with Crippen molar-refractivity contribution >= 4 is 5.91 Å². The maximum absolute atomic E-state index is 13.3. The quantitative estimate of drug-likeness (QED) is 0.859. The van der Waals surface area contributed by atoms with Crippen LogP contribution in [0.5, 0.6) is 0 Å². The van der Waals surface area contributed by atoms with Gasteiger partial charge in [-0.1, -0.05) is 12.8 Å². The van der Waals surface area contributed by atoms with Gasteiger partial charge in [0.15, 0.2) is 0 Å². The lowest BCUT2D eigenvalue weighted by atomic mass is 9.96. The number of aryl methyl sites for hydroxylation is 2. The summed E-state index contributed by atoms with van der Waals surface area (Å²) >= 11 is 0. The van der Waals surface area contributed by atoms with Gasteiger partial charge in [0.2, 0.25) is 5.91 Å². The summed E-state index contributed by atoms with van der Waals surface area (Å²) in [6, 6.07) is 3.94. The molecule has 5 nitrogen and oxygen atoms in total. The summed E-state index contributed by atoms with van der Waals surface area (Å²) in [6.07, 6.45) is 6.02. The fourth-order valence-corrected chi connectivity index (χ4v) is 3.94. The normalized spacial score (nSPS) is 20.0. The smallest absolute Gasteiger partial charge is 0.230 e. The first-order chi connectivity index (χ1) is 11.5. The van der Waals surface area contributed by atoms with Crippen LogP contribution in [0.25, 0.3) is 0 Å². The lowest BCUT2D eigenvalue weighted by Crippen LogP contribution is -2.37. The second-order valence-electron chi connectivity index (χ2n) is 6.84. The van der Waals surface area contributed by atoms with Gasteiger partial charge in [0.05, 0.1) is 23.9 Å². The maximum atomic E-state index is 13.3. The van der Waals surface area contributed by atoms with Gasteiger partial charge in [-0.15, -0.1) is 0 Å². The summed E-state index contributed by atoms with van der Waals surface area (Å²) in [5.41, 5.74) is 3.07. The molecule has 2 atom stereocenters. The molecule has 5 heteroatoms. The highest BCUT2D eigenvalue weighted by Crippen LogP contribution is 2.34. The minimum absolute atomic E-state index is 0.0507. The van der Waals surface area contributed by atoms with Crippen molar-refractivity contribution in [1.82, 2.24) is 14.7 Å². The SMILES string of the molecule is Cc1nn(C)c(C)c1[C@H](C)C(=O)N1CCCCC[C@H]1c1ccco1. The van der Waals surface area contributed by atoms with E-state index < -0.39 is 0 Å². The predicted octanol–water partition coefficient (Wildman–Crippen LogP) is 3.88. The highest BCUT2D eigenvalue weighted by atomic mass is 16.3. The van der Waals surface area contributed by atoms with Crippen LogP contribution in [0, 0.1) is 13.8 Å². The Labute approximate surface area is 143 Å². The fourth-order valence-electron chi connectivity index (χ4n) is 3.94. The molecule has 2 aromatic heterocycles. The second-order valence-corrected chi connectivity index (χ2v) is 6.84. The third-order valence-electron chi connectivity index (χ3n) is 5.28. The van der Waals surface area contributed by atoms with Crippen LogP contribution >= 0.6 is 0 Å². The van der Waals surface area contributed by atoms with E-state index in [0.29, 0.717) is 0 Å². The minimum Gasteiger partial charge on any atom is -0.467 e. The Kier molecular flexibility index (Phi) is 4.78. The van der Waals surface area contributed by atoms with Gasteiger partial charge in [-0.2, -0.15) is 5.10 Å². The average molecular weight is 329 g/mol. The number of amides is 1. The molecule has 0 saturated carbocycles. The van der Waals surface area contributed by atoms with Crippen LogP contribution in [0.3, 0.4) is 0 Å². The lowest BCUT2D eigenvalue weighted by Gasteiger charge is -2.31. The van der Waals surface area contributed by atoms with E-state index in [4.69, 9.17) is 4.42 Å². The average Bonchev–Trinajstić information content (AvgIpc) is 3.08. The van der Waals surface area contributed by atoms with Crippen molar-refractivity contribution in [3.05, 3.63) is 41.1 Å². The van der Waals surface area contributed by atoms with E-state index >= 15 is 0 Å². The molecule has 1 aliphatic heterocycles. The van der Waals surface area contributed by atoms with Gasteiger partial charge in [0.25, 0.3) is 0 Å². The Hall–Kier alpha value is -2.04. The maximum Gasteiger partial charge on any atom is 0.230 e. The standard InChI is InChI=1S/C19H27N3O2/c1-13(18-14(2)20-21(4)15(18)3)19(23)22-11-7-5-6-9-16(22)17-10-8-12-24-17/h8,10,12-13,16H,5-7,9,11H2,1-4H3/t13-,16-/m0/s1. The molecular formula is C19H27N3O2. The number of likely N-dealkylation sites (tertiary alicyclic amines) is 1. The van der Waals surface area contributed by atoms with Gasteiger partial charge in [-0.3, -0.25) is 9.48 Å². The molecule has 0 aromatic carbocycles. The number of carbonyl (C=O) groups excluding carboxylic acids is 1. The number of furan rings is 1. The Morgan fingerprint density at radius 2 is 2.12 bits per heavy atom. The first-order valence-corrected chi connectivity index (χ1v) is 8.84. The van der Waals surface area contributed by atoms with Crippen LogP contribution in [-0.4, -0.2) is 27.1 Å². The molecule has 3 rings (SSSR count). The third-order valence-corrected chi connectivity index (χ3v) is 5.28. The number of rotatable bonds is 3. The minimum atomic E-state index is -0.186. The van der Waals surface area contributed by atoms with Crippen molar-refractivity contribution in [2.45, 2.75) is 58.4 Å². The summed E-state index contributed by atoms with van der Waals surface area (Å²) in [5, 5.41) is 4.47. The largest absolute Gasteiger partial charge is 0.467 e. The number of aromatic nitrogens is 2. The molecule has 0 N–H and O–H groups in total. The molecule has 0 aliphatic carbocycles. The predicted molar refractivity (Wildman–Crippen MR) is 92.7 cm³/mol. The zero-order valence-electron chi connectivity index (χ0n) is 15.1. The van der Waals surface area contributed by atoms with Crippen LogP contribution < -0.4 is 0 Å². The molecule has 0 spiro atoms. The highest BCUT2D eigenvalue weighted by Gasteiger charge is 2.33. The zero-order valence-corrected chi connectivity index (χ0v) is 15.1. The molecule has 1 amide bonds. The summed E-state index contributed by atoms with van der Waals surface area (Å²) in [5.74, 6) is 0.892. The van der Waals surface area contributed by atoms with E-state index in [1.165, 1.54) is 6.42 Å². The van der Waals surface area contributed by atoms with Gasteiger partial charge >= 0.3 is 0 Å². The van der Waals surface area contributed by atoms with E-state index in [9.17, 15) is 4.79 Å². The molecule has 1 saturated heterocycles. The monoisotopic (exact) mass is 329 g/mol. The van der Waals surface area contributed by atoms with Crippen molar-refractivity contribution < 1.29 is 9.21 Å². The van der Waals surface area contributed by atoms with Crippen molar-refractivity contribution in [2.24, 2.45) is 7.05 Å². The zero-order chi connectivity index (χ0) is 17.3. The Morgan fingerprint density at radius 1 is 1.33 bits per heavy atom. The summed E-state index contributed by atoms with van der Waals surface area (Å²) in [7, 11) is 1.93. The molecular weight excluding hydrogens is 302 g/mol. The molecule has 130 valence electrons. The van der Waals surface area contributed by atoms with E-state index in [1.807, 2.05) is 49.5 Å². The van der Waals surface area contributed by atoms with E-state index in [-0.39, 0.29) is 17.9 Å². The Balaban J connectivity index is 1.90. The summed E-state index contributed by atoms with van der Waals surface area (Å²) < 4.78 is 7.50. The first kappa shape index (κ1) is 16.8. The molecule has 0 bridgehead atoms. The highest BCUT2D eigenvalue weighted by molar-refractivity contribution is 5.84. The lowest BCUT2D eigenvalue weighted by molar-refractivity contribution is -0.135. The van der Waals surface area contributed by atoms with Gasteiger partial charge < -0.3 is 9.32 Å². The van der Waals surface area contributed by atoms with Gasteiger partial charge in [-0.25, -0.2) is 0 Å². The van der Waals surface area contributed by atoms with Crippen LogP contribution in [-0.2, 0) is 11.8 Å². The summed E-state index contributed by atoms with van der Waals surface area (Å²) in [4.78, 5) is 15.3. The fraction of sp³-hybridized carbons (Fsp3) is 0.579. The van der Waals surface area contributed by atoms with Crippen molar-refractivity contribution in [3.63, 3.8) is 0 Å². The van der Waals surface area contributed by atoms with Gasteiger partial charge in [-0.05, 0) is 45.7 Å². The number of nitrogens with zero attached hydrogens (tertiary/aromatic N) is 3.